The van der Waals surface area contributed by atoms with Crippen LogP contribution in [-0.2, 0) is 52.1 Å². The molecule has 6 aliphatic heterocycles. The summed E-state index contributed by atoms with van der Waals surface area (Å²) in [5.41, 5.74) is 0. The predicted molar refractivity (Wildman–Crippen MR) is 187 cm³/mol. The molecule has 6 saturated heterocycles. The van der Waals surface area contributed by atoms with Crippen LogP contribution in [0.1, 0.15) is 0 Å². The van der Waals surface area contributed by atoms with E-state index in [4.69, 9.17) is 52.1 Å². The first-order valence-electron chi connectivity index (χ1n) is 19.9. The normalized spacial score (nSPS) is 53.6. The van der Waals surface area contributed by atoms with Gasteiger partial charge >= 0.3 is 0 Å². The maximum absolute atomic E-state index is 11.5. The zero-order valence-corrected chi connectivity index (χ0v) is 32.9. The molecule has 18 N–H and O–H groups in total. The lowest BCUT2D eigenvalue weighted by Gasteiger charge is -2.49. The quantitative estimate of drug-likeness (QED) is 0.0769. The van der Waals surface area contributed by atoms with Gasteiger partial charge in [0, 0.05) is 0 Å². The van der Waals surface area contributed by atoms with E-state index in [0.29, 0.717) is 0 Å². The topological polar surface area (TPSA) is 466 Å². The molecule has 0 aliphatic carbocycles. The van der Waals surface area contributed by atoms with Gasteiger partial charge in [0.25, 0.3) is 0 Å². The van der Waals surface area contributed by atoms with E-state index in [1.54, 1.807) is 0 Å². The van der Waals surface area contributed by atoms with E-state index in [2.05, 4.69) is 0 Å². The molecule has 6 heterocycles. The highest BCUT2D eigenvalue weighted by molar-refractivity contribution is 4.98. The molecular weight excluding hydrogens is 872 g/mol. The smallest absolute Gasteiger partial charge is 0.187 e. The van der Waals surface area contributed by atoms with Gasteiger partial charge in [-0.15, -0.1) is 0 Å². The average molecular weight is 931 g/mol. The van der Waals surface area contributed by atoms with Crippen LogP contribution in [0.5, 0.6) is 0 Å². The monoisotopic (exact) mass is 930 g/mol. The molecule has 0 radical (unpaired) electrons. The van der Waals surface area contributed by atoms with Crippen LogP contribution in [0.2, 0.25) is 0 Å². The van der Waals surface area contributed by atoms with E-state index in [9.17, 15) is 91.9 Å². The molecule has 63 heavy (non-hydrogen) atoms. The fraction of sp³-hybridized carbons (Fsp3) is 1.00. The second kappa shape index (κ2) is 21.9. The number of aliphatic hydroxyl groups is 18. The Kier molecular flexibility index (Phi) is 17.8. The number of ether oxygens (including phenoxy) is 11. The Balaban J connectivity index is 1.25. The summed E-state index contributed by atoms with van der Waals surface area (Å²) in [6, 6.07) is 0. The van der Waals surface area contributed by atoms with Crippen molar-refractivity contribution in [3.63, 3.8) is 0 Å². The van der Waals surface area contributed by atoms with Crippen LogP contribution in [0.25, 0.3) is 0 Å². The Morgan fingerprint density at radius 1 is 0.333 bits per heavy atom. The molecule has 0 unspecified atom stereocenters. The molecule has 6 rings (SSSR count). The molecule has 0 bridgehead atoms. The number of hydrogen-bond donors (Lipinski definition) is 18. The van der Waals surface area contributed by atoms with E-state index < -0.39 is 212 Å². The second-order valence-electron chi connectivity index (χ2n) is 15.9. The molecular formula is C34H58O29. The van der Waals surface area contributed by atoms with Crippen LogP contribution < -0.4 is 0 Å². The molecule has 0 saturated carbocycles. The number of aliphatic hydroxyl groups excluding tert-OH is 18. The van der Waals surface area contributed by atoms with Gasteiger partial charge in [0.2, 0.25) is 0 Å². The van der Waals surface area contributed by atoms with Gasteiger partial charge in [-0.3, -0.25) is 0 Å². The summed E-state index contributed by atoms with van der Waals surface area (Å²) in [7, 11) is 0. The minimum Gasteiger partial charge on any atom is -0.394 e. The molecule has 6 fully saturated rings. The first-order chi connectivity index (χ1) is 29.8. The highest BCUT2D eigenvalue weighted by atomic mass is 16.8. The van der Waals surface area contributed by atoms with Crippen LogP contribution >= 0.6 is 0 Å². The Hall–Kier alpha value is -1.16. The highest BCUT2D eigenvalue weighted by Crippen LogP contribution is 2.35. The molecule has 0 aromatic heterocycles. The first kappa shape index (κ1) is 51.2. The largest absolute Gasteiger partial charge is 0.394 e. The molecule has 0 amide bonds. The molecule has 29 nitrogen and oxygen atoms in total. The summed E-state index contributed by atoms with van der Waals surface area (Å²) in [4.78, 5) is 0. The lowest BCUT2D eigenvalue weighted by Crippen LogP contribution is -2.68. The Bertz CT molecular complexity index is 1400. The van der Waals surface area contributed by atoms with Gasteiger partial charge in [-0.1, -0.05) is 0 Å². The maximum atomic E-state index is 11.5. The van der Waals surface area contributed by atoms with Crippen molar-refractivity contribution < 1.29 is 144 Å². The van der Waals surface area contributed by atoms with Crippen molar-refractivity contribution in [2.75, 3.05) is 39.6 Å². The summed E-state index contributed by atoms with van der Waals surface area (Å²) in [5.74, 6) is 0. The van der Waals surface area contributed by atoms with E-state index in [1.807, 2.05) is 0 Å². The summed E-state index contributed by atoms with van der Waals surface area (Å²) in [6.07, 6.45) is -52.2. The minimum atomic E-state index is -2.22. The SMILES string of the molecule is OC[C@H]1O[C@@H](O[C@H]2[C@H](O)[C@@H](O)[C@H](O[C@H]3[C@H](O)[C@@H](O)[C@@H](O[C@H]4[C@H](O)[C@@H](O)[C@@H](O)O[C@@H]4CO)O[C@@H]3CO[C@H]3OC[C@@H](O)[C@H](O)[C@H]3O)O[C@@H]2CO[C@H]2OC[C@@H](O)[C@H](O)[C@H]2O)[C@H](O)[C@@H](O)[C@@H]1O. The van der Waals surface area contributed by atoms with Crippen molar-refractivity contribution in [3.05, 3.63) is 0 Å². The fourth-order valence-corrected chi connectivity index (χ4v) is 7.75. The third-order valence-corrected chi connectivity index (χ3v) is 11.6. The second-order valence-corrected chi connectivity index (χ2v) is 15.9. The summed E-state index contributed by atoms with van der Waals surface area (Å²) < 4.78 is 61.2. The van der Waals surface area contributed by atoms with Crippen LogP contribution in [0, 0.1) is 0 Å². The lowest BCUT2D eigenvalue weighted by atomic mass is 9.95. The Labute approximate surface area is 355 Å². The standard InChI is InChI=1S/C34H58O29/c35-1-9-15(41)16(42)23(49)32(58-9)62-27-11(5-55-30-21(47)13(39)7(37)3-53-30)60-34(25(51)19(27)45)63-28-12(6-56-31-22(48)14(40)8(38)4-54-31)59-33(24(50)18(28)44)61-26-10(2-36)57-29(52)20(46)17(26)43/h7-52H,1-6H2/t7-,8-,9-,10-,11-,12-,13+,14+,15-,16+,17-,18-,19-,20-,21-,22-,23-,24-,25-,26-,27-,28-,29+,30-,31-,32+,33-,34+/m1/s1. The Morgan fingerprint density at radius 2 is 0.683 bits per heavy atom. The molecule has 6 aliphatic rings. The average Bonchev–Trinajstić information content (AvgIpc) is 3.26. The third kappa shape index (κ3) is 10.9. The van der Waals surface area contributed by atoms with E-state index >= 15 is 0 Å². The summed E-state index contributed by atoms with van der Waals surface area (Å²) in [5, 5.41) is 188. The zero-order valence-electron chi connectivity index (χ0n) is 32.9. The Morgan fingerprint density at radius 3 is 1.10 bits per heavy atom. The summed E-state index contributed by atoms with van der Waals surface area (Å²) in [6.45, 7) is -4.44. The molecule has 28 atom stereocenters. The van der Waals surface area contributed by atoms with Crippen LogP contribution in [-0.4, -0.2) is 304 Å². The molecule has 0 spiro atoms. The van der Waals surface area contributed by atoms with Gasteiger partial charge in [-0.25, -0.2) is 0 Å². The van der Waals surface area contributed by atoms with E-state index in [-0.39, 0.29) is 0 Å². The van der Waals surface area contributed by atoms with Crippen molar-refractivity contribution in [1.82, 2.24) is 0 Å². The van der Waals surface area contributed by atoms with Crippen molar-refractivity contribution in [3.8, 4) is 0 Å². The maximum Gasteiger partial charge on any atom is 0.187 e. The van der Waals surface area contributed by atoms with Crippen LogP contribution in [0.15, 0.2) is 0 Å². The first-order valence-corrected chi connectivity index (χ1v) is 19.9. The van der Waals surface area contributed by atoms with E-state index in [1.165, 1.54) is 0 Å². The van der Waals surface area contributed by atoms with Gasteiger partial charge in [0.1, 0.15) is 134 Å². The van der Waals surface area contributed by atoms with E-state index in [0.717, 1.165) is 0 Å². The van der Waals surface area contributed by atoms with Crippen molar-refractivity contribution >= 4 is 0 Å². The van der Waals surface area contributed by atoms with Crippen LogP contribution in [0.4, 0.5) is 0 Å². The van der Waals surface area contributed by atoms with Gasteiger partial charge in [0.05, 0.1) is 39.6 Å². The van der Waals surface area contributed by atoms with Gasteiger partial charge in [-0.05, 0) is 0 Å². The van der Waals surface area contributed by atoms with Gasteiger partial charge in [-0.2, -0.15) is 0 Å². The van der Waals surface area contributed by atoms with Crippen molar-refractivity contribution in [2.45, 2.75) is 172 Å². The fourth-order valence-electron chi connectivity index (χ4n) is 7.75. The molecule has 0 aromatic carbocycles. The zero-order chi connectivity index (χ0) is 46.2. The van der Waals surface area contributed by atoms with Gasteiger partial charge in [0.15, 0.2) is 37.7 Å². The lowest BCUT2D eigenvalue weighted by molar-refractivity contribution is -0.393. The third-order valence-electron chi connectivity index (χ3n) is 11.6. The molecule has 29 heteroatoms. The molecule has 0 aromatic rings. The van der Waals surface area contributed by atoms with Crippen molar-refractivity contribution in [2.24, 2.45) is 0 Å². The van der Waals surface area contributed by atoms with Crippen molar-refractivity contribution in [1.29, 1.82) is 0 Å². The van der Waals surface area contributed by atoms with Gasteiger partial charge < -0.3 is 144 Å². The minimum absolute atomic E-state index is 0.513. The number of rotatable bonds is 14. The summed E-state index contributed by atoms with van der Waals surface area (Å²) >= 11 is 0. The van der Waals surface area contributed by atoms with Crippen LogP contribution in [0.3, 0.4) is 0 Å². The number of hydrogen-bond acceptors (Lipinski definition) is 29. The highest BCUT2D eigenvalue weighted by Gasteiger charge is 2.56. The predicted octanol–water partition coefficient (Wildman–Crippen LogP) is -12.8. The molecule has 368 valence electrons.